The zero-order valence-electron chi connectivity index (χ0n) is 11.4. The van der Waals surface area contributed by atoms with Gasteiger partial charge in [0.15, 0.2) is 0 Å². The summed E-state index contributed by atoms with van der Waals surface area (Å²) in [5.74, 6) is 0.0535. The van der Waals surface area contributed by atoms with E-state index < -0.39 is 0 Å². The highest BCUT2D eigenvalue weighted by Crippen LogP contribution is 2.29. The van der Waals surface area contributed by atoms with Crippen LogP contribution in [0.2, 0.25) is 0 Å². The van der Waals surface area contributed by atoms with Crippen LogP contribution in [0, 0.1) is 0 Å². The quantitative estimate of drug-likeness (QED) is 0.762. The highest BCUT2D eigenvalue weighted by molar-refractivity contribution is 5.78. The molecule has 2 rings (SSSR count). The maximum Gasteiger partial charge on any atom is 0.234 e. The van der Waals surface area contributed by atoms with Crippen LogP contribution in [0.15, 0.2) is 24.3 Å². The van der Waals surface area contributed by atoms with Crippen LogP contribution in [0.1, 0.15) is 30.0 Å². The van der Waals surface area contributed by atoms with Gasteiger partial charge in [-0.1, -0.05) is 24.3 Å². The molecule has 0 unspecified atom stereocenters. The van der Waals surface area contributed by atoms with Gasteiger partial charge in [-0.3, -0.25) is 4.79 Å². The molecule has 1 aliphatic carbocycles. The zero-order valence-corrected chi connectivity index (χ0v) is 11.4. The Kier molecular flexibility index (Phi) is 5.36. The number of rotatable bonds is 6. The predicted octanol–water partition coefficient (Wildman–Crippen LogP) is 1.42. The number of carbonyl (C=O) groups excluding carboxylic acids is 1. The Morgan fingerprint density at radius 3 is 3.11 bits per heavy atom. The molecule has 0 spiro atoms. The van der Waals surface area contributed by atoms with Crippen molar-refractivity contribution in [3.63, 3.8) is 0 Å². The summed E-state index contributed by atoms with van der Waals surface area (Å²) in [6.07, 6.45) is 3.29. The van der Waals surface area contributed by atoms with Gasteiger partial charge in [0.05, 0.1) is 19.2 Å². The maximum atomic E-state index is 11.9. The molecule has 2 N–H and O–H groups in total. The van der Waals surface area contributed by atoms with Gasteiger partial charge in [-0.2, -0.15) is 0 Å². The van der Waals surface area contributed by atoms with Crippen LogP contribution in [-0.2, 0) is 16.0 Å². The van der Waals surface area contributed by atoms with E-state index in [9.17, 15) is 4.79 Å². The topological polar surface area (TPSA) is 50.4 Å². The first-order valence-corrected chi connectivity index (χ1v) is 6.88. The molecule has 0 aromatic heterocycles. The SMILES string of the molecule is COCCNCC(=O)N[C@@H]1CCCc2ccccc21. The molecule has 0 saturated heterocycles. The highest BCUT2D eigenvalue weighted by Gasteiger charge is 2.20. The fourth-order valence-electron chi connectivity index (χ4n) is 2.53. The Morgan fingerprint density at radius 1 is 1.42 bits per heavy atom. The van der Waals surface area contributed by atoms with E-state index in [1.54, 1.807) is 7.11 Å². The van der Waals surface area contributed by atoms with Crippen LogP contribution in [-0.4, -0.2) is 32.7 Å². The first-order valence-electron chi connectivity index (χ1n) is 6.88. The lowest BCUT2D eigenvalue weighted by Gasteiger charge is -2.26. The fourth-order valence-corrected chi connectivity index (χ4v) is 2.53. The van der Waals surface area contributed by atoms with E-state index in [0.29, 0.717) is 19.7 Å². The Morgan fingerprint density at radius 2 is 2.26 bits per heavy atom. The molecule has 0 bridgehead atoms. The Hall–Kier alpha value is -1.39. The number of ether oxygens (including phenoxy) is 1. The van der Waals surface area contributed by atoms with E-state index in [0.717, 1.165) is 19.3 Å². The zero-order chi connectivity index (χ0) is 13.5. The van der Waals surface area contributed by atoms with E-state index in [4.69, 9.17) is 4.74 Å². The second kappa shape index (κ2) is 7.26. The first-order chi connectivity index (χ1) is 9.31. The minimum absolute atomic E-state index is 0.0535. The van der Waals surface area contributed by atoms with Gasteiger partial charge in [0.2, 0.25) is 5.91 Å². The van der Waals surface area contributed by atoms with Gasteiger partial charge in [0, 0.05) is 13.7 Å². The standard InChI is InChI=1S/C15H22N2O2/c1-19-10-9-16-11-15(18)17-14-8-4-6-12-5-2-3-7-13(12)14/h2-3,5,7,14,16H,4,6,8-11H2,1H3,(H,17,18)/t14-/m1/s1. The van der Waals surface area contributed by atoms with Crippen molar-refractivity contribution in [2.45, 2.75) is 25.3 Å². The number of amides is 1. The molecule has 1 aromatic rings. The molecule has 0 aliphatic heterocycles. The van der Waals surface area contributed by atoms with Crippen molar-refractivity contribution in [3.8, 4) is 0 Å². The molecule has 4 heteroatoms. The molecule has 0 saturated carbocycles. The number of nitrogens with one attached hydrogen (secondary N) is 2. The lowest BCUT2D eigenvalue weighted by Crippen LogP contribution is -2.38. The summed E-state index contributed by atoms with van der Waals surface area (Å²) in [6.45, 7) is 1.67. The van der Waals surface area contributed by atoms with E-state index in [1.165, 1.54) is 11.1 Å². The second-order valence-electron chi connectivity index (χ2n) is 4.88. The molecule has 0 fully saturated rings. The summed E-state index contributed by atoms with van der Waals surface area (Å²) in [5, 5.41) is 6.17. The number of methoxy groups -OCH3 is 1. The van der Waals surface area contributed by atoms with Crippen LogP contribution in [0.5, 0.6) is 0 Å². The number of aryl methyl sites for hydroxylation is 1. The van der Waals surface area contributed by atoms with Crippen molar-refractivity contribution in [3.05, 3.63) is 35.4 Å². The Bertz CT molecular complexity index is 420. The Labute approximate surface area is 114 Å². The van der Waals surface area contributed by atoms with Crippen molar-refractivity contribution >= 4 is 5.91 Å². The summed E-state index contributed by atoms with van der Waals surface area (Å²) < 4.78 is 4.93. The summed E-state index contributed by atoms with van der Waals surface area (Å²) >= 11 is 0. The molecule has 4 nitrogen and oxygen atoms in total. The van der Waals surface area contributed by atoms with Gasteiger partial charge in [-0.15, -0.1) is 0 Å². The number of benzene rings is 1. The minimum atomic E-state index is 0.0535. The number of fused-ring (bicyclic) bond motifs is 1. The third-order valence-electron chi connectivity index (χ3n) is 3.47. The van der Waals surface area contributed by atoms with Crippen molar-refractivity contribution in [2.75, 3.05) is 26.8 Å². The summed E-state index contributed by atoms with van der Waals surface area (Å²) in [5.41, 5.74) is 2.64. The van der Waals surface area contributed by atoms with Gasteiger partial charge < -0.3 is 15.4 Å². The molecule has 0 heterocycles. The molecule has 19 heavy (non-hydrogen) atoms. The molecular weight excluding hydrogens is 240 g/mol. The van der Waals surface area contributed by atoms with Crippen molar-refractivity contribution in [1.82, 2.24) is 10.6 Å². The van der Waals surface area contributed by atoms with E-state index in [2.05, 4.69) is 28.8 Å². The van der Waals surface area contributed by atoms with Gasteiger partial charge in [0.1, 0.15) is 0 Å². The monoisotopic (exact) mass is 262 g/mol. The second-order valence-corrected chi connectivity index (χ2v) is 4.88. The smallest absolute Gasteiger partial charge is 0.234 e. The molecule has 1 aromatic carbocycles. The number of hydrogen-bond donors (Lipinski definition) is 2. The third kappa shape index (κ3) is 4.04. The third-order valence-corrected chi connectivity index (χ3v) is 3.47. The van der Waals surface area contributed by atoms with E-state index in [-0.39, 0.29) is 11.9 Å². The average molecular weight is 262 g/mol. The molecule has 1 amide bonds. The van der Waals surface area contributed by atoms with Crippen LogP contribution >= 0.6 is 0 Å². The summed E-state index contributed by atoms with van der Waals surface area (Å²) in [7, 11) is 1.65. The first kappa shape index (κ1) is 14.0. The summed E-state index contributed by atoms with van der Waals surface area (Å²) in [6, 6.07) is 8.55. The van der Waals surface area contributed by atoms with Crippen LogP contribution in [0.25, 0.3) is 0 Å². The molecule has 0 radical (unpaired) electrons. The molecule has 1 aliphatic rings. The van der Waals surface area contributed by atoms with Gasteiger partial charge in [-0.05, 0) is 30.4 Å². The lowest BCUT2D eigenvalue weighted by molar-refractivity contribution is -0.121. The largest absolute Gasteiger partial charge is 0.383 e. The maximum absolute atomic E-state index is 11.9. The minimum Gasteiger partial charge on any atom is -0.383 e. The van der Waals surface area contributed by atoms with Crippen molar-refractivity contribution < 1.29 is 9.53 Å². The average Bonchev–Trinajstić information content (AvgIpc) is 2.44. The molecular formula is C15H22N2O2. The molecule has 1 atom stereocenters. The van der Waals surface area contributed by atoms with Crippen LogP contribution < -0.4 is 10.6 Å². The van der Waals surface area contributed by atoms with E-state index >= 15 is 0 Å². The van der Waals surface area contributed by atoms with Gasteiger partial charge in [0.25, 0.3) is 0 Å². The fraction of sp³-hybridized carbons (Fsp3) is 0.533. The van der Waals surface area contributed by atoms with Crippen LogP contribution in [0.3, 0.4) is 0 Å². The van der Waals surface area contributed by atoms with Crippen LogP contribution in [0.4, 0.5) is 0 Å². The number of carbonyl (C=O) groups is 1. The Balaban J connectivity index is 1.85. The highest BCUT2D eigenvalue weighted by atomic mass is 16.5. The van der Waals surface area contributed by atoms with Gasteiger partial charge in [-0.25, -0.2) is 0 Å². The number of hydrogen-bond acceptors (Lipinski definition) is 3. The summed E-state index contributed by atoms with van der Waals surface area (Å²) in [4.78, 5) is 11.9. The van der Waals surface area contributed by atoms with Gasteiger partial charge >= 0.3 is 0 Å². The lowest BCUT2D eigenvalue weighted by atomic mass is 9.88. The van der Waals surface area contributed by atoms with E-state index in [1.807, 2.05) is 6.07 Å². The molecule has 104 valence electrons. The van der Waals surface area contributed by atoms with Crippen molar-refractivity contribution in [2.24, 2.45) is 0 Å². The normalized spacial score (nSPS) is 17.8. The predicted molar refractivity (Wildman–Crippen MR) is 75.0 cm³/mol. The van der Waals surface area contributed by atoms with Crippen molar-refractivity contribution in [1.29, 1.82) is 0 Å².